The fourth-order valence-corrected chi connectivity index (χ4v) is 5.21. The van der Waals surface area contributed by atoms with Gasteiger partial charge >= 0.3 is 11.9 Å². The number of nitrogens with zero attached hydrogens (tertiary/aromatic N) is 4. The molecule has 0 fully saturated rings. The van der Waals surface area contributed by atoms with Crippen LogP contribution in [0.25, 0.3) is 16.5 Å². The van der Waals surface area contributed by atoms with Crippen molar-refractivity contribution in [3.63, 3.8) is 0 Å². The van der Waals surface area contributed by atoms with Crippen molar-refractivity contribution in [3.8, 4) is 11.4 Å². The number of carboxylic acid groups (broad SMARTS) is 2. The van der Waals surface area contributed by atoms with Crippen molar-refractivity contribution in [2.45, 2.75) is 53.9 Å². The number of aliphatic carboxylic acids is 1. The van der Waals surface area contributed by atoms with E-state index in [-0.39, 0.29) is 11.3 Å². The zero-order valence-corrected chi connectivity index (χ0v) is 25.3. The highest BCUT2D eigenvalue weighted by Crippen LogP contribution is 2.39. The zero-order valence-electron chi connectivity index (χ0n) is 24.5. The van der Waals surface area contributed by atoms with Crippen LogP contribution in [0.3, 0.4) is 0 Å². The van der Waals surface area contributed by atoms with Crippen LogP contribution in [0, 0.1) is 0 Å². The standard InChI is InChI=1S/C18H12N4O3S.C11H19NO9/c23-16-13-9-5-4-8-12(13)15(10-14(16)17(24)25)26-18-19-20-21-22(18)11-6-2-1-3-7-11;1-4(14)12-8(5(15)2-6(16)11(20)21)10(19)9(18)7(17)3-13/h1-10,23H,(H,24,25);5,7-10,13,15,17-19H,2-3H2,1H3,(H,12,14)(H,20,21)/t;5-,7+,8+,9+,10+/m.0/s1. The normalized spacial score (nSPS) is 14.2. The smallest absolute Gasteiger partial charge is 0.372 e. The van der Waals surface area contributed by atoms with E-state index in [0.717, 1.165) is 18.0 Å². The largest absolute Gasteiger partial charge is 0.506 e. The highest BCUT2D eigenvalue weighted by molar-refractivity contribution is 7.99. The Morgan fingerprint density at radius 1 is 0.894 bits per heavy atom. The van der Waals surface area contributed by atoms with Crippen LogP contribution in [0.2, 0.25) is 0 Å². The van der Waals surface area contributed by atoms with Crippen LogP contribution >= 0.6 is 11.8 Å². The Balaban J connectivity index is 0.000000263. The van der Waals surface area contributed by atoms with E-state index in [1.165, 1.54) is 17.8 Å². The molecule has 18 heteroatoms. The number of carbonyl (C=O) groups excluding carboxylic acids is 2. The molecule has 5 atom stereocenters. The van der Waals surface area contributed by atoms with Gasteiger partial charge in [0, 0.05) is 23.6 Å². The molecule has 17 nitrogen and oxygen atoms in total. The van der Waals surface area contributed by atoms with Crippen molar-refractivity contribution < 1.29 is 60.0 Å². The third-order valence-corrected chi connectivity index (χ3v) is 7.56. The number of carboxylic acids is 2. The number of Topliss-reactive ketones (excluding diaryl/α,β-unsaturated/α-hetero) is 1. The van der Waals surface area contributed by atoms with Gasteiger partial charge in [-0.05, 0) is 45.8 Å². The minimum Gasteiger partial charge on any atom is -0.506 e. The molecule has 47 heavy (non-hydrogen) atoms. The highest BCUT2D eigenvalue weighted by atomic mass is 32.2. The summed E-state index contributed by atoms with van der Waals surface area (Å²) in [5.74, 6) is -5.34. The number of rotatable bonds is 13. The molecule has 0 bridgehead atoms. The summed E-state index contributed by atoms with van der Waals surface area (Å²) in [5, 5.41) is 90.6. The summed E-state index contributed by atoms with van der Waals surface area (Å²) in [6, 6.07) is 16.3. The number of aromatic carboxylic acids is 1. The average molecular weight is 674 g/mol. The monoisotopic (exact) mass is 673 g/mol. The lowest BCUT2D eigenvalue weighted by Gasteiger charge is -2.32. The number of aliphatic hydroxyl groups is 5. The minimum absolute atomic E-state index is 0.162. The first-order valence-corrected chi connectivity index (χ1v) is 14.4. The summed E-state index contributed by atoms with van der Waals surface area (Å²) in [4.78, 5) is 44.6. The summed E-state index contributed by atoms with van der Waals surface area (Å²) in [6.07, 6.45) is -8.35. The lowest BCUT2D eigenvalue weighted by molar-refractivity contribution is -0.151. The quantitative estimate of drug-likeness (QED) is 0.0796. The van der Waals surface area contributed by atoms with E-state index in [0.29, 0.717) is 15.4 Å². The number of amides is 1. The van der Waals surface area contributed by atoms with Gasteiger partial charge < -0.3 is 46.2 Å². The summed E-state index contributed by atoms with van der Waals surface area (Å²) < 4.78 is 1.58. The molecule has 3 aromatic carbocycles. The molecule has 1 aromatic heterocycles. The first kappa shape index (κ1) is 36.5. The van der Waals surface area contributed by atoms with E-state index < -0.39 is 67.1 Å². The number of fused-ring (bicyclic) bond motifs is 1. The summed E-state index contributed by atoms with van der Waals surface area (Å²) >= 11 is 1.24. The molecular formula is C29H31N5O12S. The van der Waals surface area contributed by atoms with Crippen LogP contribution < -0.4 is 5.32 Å². The Hall–Kier alpha value is -4.98. The average Bonchev–Trinajstić information content (AvgIpc) is 3.52. The number of benzene rings is 3. The molecule has 0 aliphatic heterocycles. The molecule has 1 heterocycles. The molecule has 250 valence electrons. The lowest BCUT2D eigenvalue weighted by Crippen LogP contribution is -2.57. The molecule has 0 unspecified atom stereocenters. The van der Waals surface area contributed by atoms with E-state index in [4.69, 9.17) is 10.2 Å². The summed E-state index contributed by atoms with van der Waals surface area (Å²) in [7, 11) is 0. The molecule has 9 N–H and O–H groups in total. The maximum Gasteiger partial charge on any atom is 0.372 e. The number of aromatic hydroxyl groups is 1. The van der Waals surface area contributed by atoms with Gasteiger partial charge in [-0.25, -0.2) is 9.59 Å². The van der Waals surface area contributed by atoms with Gasteiger partial charge in [0.05, 0.1) is 24.4 Å². The maximum atomic E-state index is 11.5. The van der Waals surface area contributed by atoms with Crippen LogP contribution in [-0.4, -0.2) is 122 Å². The summed E-state index contributed by atoms with van der Waals surface area (Å²) in [6.45, 7) is 0.134. The number of aromatic nitrogens is 4. The molecule has 0 saturated heterocycles. The fourth-order valence-electron chi connectivity index (χ4n) is 4.24. The van der Waals surface area contributed by atoms with Gasteiger partial charge in [-0.15, -0.1) is 5.10 Å². The van der Waals surface area contributed by atoms with Gasteiger partial charge in [0.1, 0.15) is 29.6 Å². The molecule has 1 amide bonds. The van der Waals surface area contributed by atoms with Gasteiger partial charge in [0.2, 0.25) is 16.8 Å². The van der Waals surface area contributed by atoms with Gasteiger partial charge in [-0.1, -0.05) is 42.5 Å². The minimum atomic E-state index is -1.94. The Morgan fingerprint density at radius 3 is 2.09 bits per heavy atom. The number of para-hydroxylation sites is 1. The van der Waals surface area contributed by atoms with Crippen LogP contribution in [0.5, 0.6) is 5.75 Å². The fraction of sp³-hybridized carbons (Fsp3) is 0.276. The van der Waals surface area contributed by atoms with E-state index in [1.54, 1.807) is 16.8 Å². The first-order chi connectivity index (χ1) is 22.3. The molecule has 0 saturated carbocycles. The number of phenols is 1. The first-order valence-electron chi connectivity index (χ1n) is 13.6. The number of nitrogens with one attached hydrogen (secondary N) is 1. The topological polar surface area (TPSA) is 286 Å². The van der Waals surface area contributed by atoms with Gasteiger partial charge in [0.25, 0.3) is 0 Å². The van der Waals surface area contributed by atoms with E-state index >= 15 is 0 Å². The number of carbonyl (C=O) groups is 4. The molecule has 0 radical (unpaired) electrons. The highest BCUT2D eigenvalue weighted by Gasteiger charge is 2.37. The molecular weight excluding hydrogens is 642 g/mol. The second kappa shape index (κ2) is 16.5. The Kier molecular flexibility index (Phi) is 12.8. The van der Waals surface area contributed by atoms with Crippen molar-refractivity contribution in [1.29, 1.82) is 0 Å². The second-order valence-electron chi connectivity index (χ2n) is 9.89. The van der Waals surface area contributed by atoms with Crippen molar-refractivity contribution in [3.05, 3.63) is 66.2 Å². The van der Waals surface area contributed by atoms with Crippen LogP contribution in [-0.2, 0) is 14.4 Å². The van der Waals surface area contributed by atoms with Crippen LogP contribution in [0.4, 0.5) is 0 Å². The van der Waals surface area contributed by atoms with E-state index in [2.05, 4.69) is 15.5 Å². The van der Waals surface area contributed by atoms with Gasteiger partial charge in [0.15, 0.2) is 0 Å². The molecule has 0 aliphatic rings. The van der Waals surface area contributed by atoms with Crippen LogP contribution in [0.1, 0.15) is 23.7 Å². The number of tetrazole rings is 1. The molecule has 4 aromatic rings. The Morgan fingerprint density at radius 2 is 1.51 bits per heavy atom. The molecule has 4 rings (SSSR count). The number of hydrogen-bond acceptors (Lipinski definition) is 14. The maximum absolute atomic E-state index is 11.5. The lowest BCUT2D eigenvalue weighted by atomic mass is 9.94. The van der Waals surface area contributed by atoms with Crippen molar-refractivity contribution >= 4 is 46.2 Å². The second-order valence-corrected chi connectivity index (χ2v) is 10.9. The Bertz CT molecular complexity index is 1720. The van der Waals surface area contributed by atoms with Crippen LogP contribution in [0.15, 0.2) is 70.7 Å². The van der Waals surface area contributed by atoms with Crippen molar-refractivity contribution in [2.75, 3.05) is 6.61 Å². The molecule has 0 spiro atoms. The predicted molar refractivity (Wildman–Crippen MR) is 162 cm³/mol. The SMILES string of the molecule is CC(=O)N[C@@H]([C@@H](O)[C@H](O)[C@H](O)CO)[C@@H](O)CC(=O)C(=O)O.O=C(O)c1cc(Sc2nnnn2-c2ccccc2)c2ccccc2c1O. The molecule has 0 aliphatic carbocycles. The van der Waals surface area contributed by atoms with Crippen molar-refractivity contribution in [2.24, 2.45) is 0 Å². The third-order valence-electron chi connectivity index (χ3n) is 6.57. The third kappa shape index (κ3) is 9.28. The van der Waals surface area contributed by atoms with Crippen molar-refractivity contribution in [1.82, 2.24) is 25.5 Å². The van der Waals surface area contributed by atoms with Gasteiger partial charge in [-0.3, -0.25) is 9.59 Å². The van der Waals surface area contributed by atoms with E-state index in [9.17, 15) is 49.8 Å². The van der Waals surface area contributed by atoms with Gasteiger partial charge in [-0.2, -0.15) is 4.68 Å². The number of ketones is 1. The summed E-state index contributed by atoms with van der Waals surface area (Å²) in [5.41, 5.74) is 0.631. The number of aliphatic hydroxyl groups excluding tert-OH is 5. The predicted octanol–water partition coefficient (Wildman–Crippen LogP) is -0.659. The number of hydrogen-bond donors (Lipinski definition) is 9. The van der Waals surface area contributed by atoms with E-state index in [1.807, 2.05) is 47.8 Å². The zero-order chi connectivity index (χ0) is 34.8. The Labute approximate surface area is 269 Å².